The zero-order valence-corrected chi connectivity index (χ0v) is 8.30. The summed E-state index contributed by atoms with van der Waals surface area (Å²) in [6.07, 6.45) is 0. The van der Waals surface area contributed by atoms with E-state index < -0.39 is 0 Å². The molecule has 2 atom stereocenters. The fourth-order valence-corrected chi connectivity index (χ4v) is 3.10. The summed E-state index contributed by atoms with van der Waals surface area (Å²) in [7, 11) is 2.19. The summed E-state index contributed by atoms with van der Waals surface area (Å²) in [5.74, 6) is 0.790. The van der Waals surface area contributed by atoms with E-state index >= 15 is 0 Å². The zero-order valence-electron chi connectivity index (χ0n) is 6.14. The summed E-state index contributed by atoms with van der Waals surface area (Å²) >= 11 is 2.57. The number of ether oxygens (including phenoxy) is 1. The van der Waals surface area contributed by atoms with Crippen LogP contribution in [0.25, 0.3) is 0 Å². The van der Waals surface area contributed by atoms with Crippen LogP contribution in [0.1, 0.15) is 0 Å². The van der Waals surface area contributed by atoms with E-state index in [1.165, 1.54) is 13.1 Å². The molecular weight excluding hydrogens is 241 g/mol. The summed E-state index contributed by atoms with van der Waals surface area (Å²) in [6, 6.07) is 0. The van der Waals surface area contributed by atoms with Crippen molar-refractivity contribution in [2.24, 2.45) is 5.92 Å². The molecule has 0 bridgehead atoms. The molecule has 58 valence electrons. The standard InChI is InChI=1S/C7H12INO/c1-9-2-6-3-10-5-7(6,8)4-9/h6H,2-5H2,1H3. The molecule has 2 aliphatic rings. The van der Waals surface area contributed by atoms with Crippen LogP contribution in [-0.2, 0) is 4.74 Å². The van der Waals surface area contributed by atoms with Crippen LogP contribution in [0, 0.1) is 5.92 Å². The molecule has 0 N–H and O–H groups in total. The van der Waals surface area contributed by atoms with Crippen molar-refractivity contribution in [3.8, 4) is 0 Å². The van der Waals surface area contributed by atoms with E-state index in [-0.39, 0.29) is 0 Å². The fraction of sp³-hybridized carbons (Fsp3) is 1.00. The summed E-state index contributed by atoms with van der Waals surface area (Å²) < 4.78 is 5.88. The van der Waals surface area contributed by atoms with Gasteiger partial charge in [-0.2, -0.15) is 0 Å². The van der Waals surface area contributed by atoms with Crippen LogP contribution < -0.4 is 0 Å². The minimum absolute atomic E-state index is 0.451. The molecule has 10 heavy (non-hydrogen) atoms. The Hall–Kier alpha value is 0.650. The van der Waals surface area contributed by atoms with Crippen LogP contribution in [0.15, 0.2) is 0 Å². The van der Waals surface area contributed by atoms with E-state index in [4.69, 9.17) is 4.74 Å². The molecule has 2 rings (SSSR count). The first kappa shape index (κ1) is 7.31. The Balaban J connectivity index is 2.15. The van der Waals surface area contributed by atoms with E-state index in [1.807, 2.05) is 0 Å². The van der Waals surface area contributed by atoms with Crippen molar-refractivity contribution in [1.82, 2.24) is 4.90 Å². The summed E-state index contributed by atoms with van der Waals surface area (Å²) in [4.78, 5) is 2.40. The topological polar surface area (TPSA) is 12.5 Å². The number of likely N-dealkylation sites (tertiary alicyclic amines) is 1. The normalized spacial score (nSPS) is 48.0. The lowest BCUT2D eigenvalue weighted by molar-refractivity contribution is 0.165. The minimum Gasteiger partial charge on any atom is -0.380 e. The van der Waals surface area contributed by atoms with Gasteiger partial charge in [0.05, 0.1) is 16.6 Å². The lowest BCUT2D eigenvalue weighted by Gasteiger charge is -2.17. The molecule has 2 saturated heterocycles. The molecule has 2 unspecified atom stereocenters. The SMILES string of the molecule is CN1CC2COCC2(I)C1. The van der Waals surface area contributed by atoms with Crippen LogP contribution in [-0.4, -0.2) is 41.7 Å². The number of rotatable bonds is 0. The van der Waals surface area contributed by atoms with Gasteiger partial charge < -0.3 is 9.64 Å². The fourth-order valence-electron chi connectivity index (χ4n) is 1.92. The van der Waals surface area contributed by atoms with E-state index in [0.717, 1.165) is 19.1 Å². The highest BCUT2D eigenvalue weighted by Gasteiger charge is 2.47. The van der Waals surface area contributed by atoms with Crippen LogP contribution in [0.2, 0.25) is 0 Å². The van der Waals surface area contributed by atoms with E-state index in [9.17, 15) is 0 Å². The van der Waals surface area contributed by atoms with Crippen LogP contribution in [0.3, 0.4) is 0 Å². The van der Waals surface area contributed by atoms with Crippen molar-refractivity contribution in [2.75, 3.05) is 33.4 Å². The quantitative estimate of drug-likeness (QED) is 0.466. The van der Waals surface area contributed by atoms with Crippen LogP contribution in [0.5, 0.6) is 0 Å². The molecule has 0 saturated carbocycles. The number of nitrogens with zero attached hydrogens (tertiary/aromatic N) is 1. The first-order chi connectivity index (χ1) is 4.71. The van der Waals surface area contributed by atoms with Crippen molar-refractivity contribution in [1.29, 1.82) is 0 Å². The molecule has 3 heteroatoms. The van der Waals surface area contributed by atoms with Gasteiger partial charge in [0, 0.05) is 19.0 Å². The van der Waals surface area contributed by atoms with Gasteiger partial charge in [0.2, 0.25) is 0 Å². The maximum atomic E-state index is 5.43. The van der Waals surface area contributed by atoms with Crippen molar-refractivity contribution in [3.63, 3.8) is 0 Å². The van der Waals surface area contributed by atoms with E-state index in [1.54, 1.807) is 0 Å². The second kappa shape index (κ2) is 2.32. The molecule has 2 heterocycles. The van der Waals surface area contributed by atoms with Gasteiger partial charge in [0.15, 0.2) is 0 Å². The Labute approximate surface area is 75.1 Å². The van der Waals surface area contributed by atoms with Crippen LogP contribution in [0.4, 0.5) is 0 Å². The average molecular weight is 253 g/mol. The smallest absolute Gasteiger partial charge is 0.0644 e. The molecule has 0 aliphatic carbocycles. The molecular formula is C7H12INO. The summed E-state index contributed by atoms with van der Waals surface area (Å²) in [5.41, 5.74) is 0. The lowest BCUT2D eigenvalue weighted by Crippen LogP contribution is -2.29. The summed E-state index contributed by atoms with van der Waals surface area (Å²) in [5, 5.41) is 0. The lowest BCUT2D eigenvalue weighted by atomic mass is 10.0. The van der Waals surface area contributed by atoms with E-state index in [0.29, 0.717) is 3.42 Å². The molecule has 0 aromatic carbocycles. The molecule has 0 spiro atoms. The highest BCUT2D eigenvalue weighted by Crippen LogP contribution is 2.40. The Morgan fingerprint density at radius 2 is 2.50 bits per heavy atom. The molecule has 0 amide bonds. The Morgan fingerprint density at radius 3 is 3.20 bits per heavy atom. The van der Waals surface area contributed by atoms with Crippen molar-refractivity contribution < 1.29 is 4.74 Å². The number of hydrogen-bond acceptors (Lipinski definition) is 2. The summed E-state index contributed by atoms with van der Waals surface area (Å²) in [6.45, 7) is 4.37. The molecule has 2 nitrogen and oxygen atoms in total. The van der Waals surface area contributed by atoms with Crippen molar-refractivity contribution in [3.05, 3.63) is 0 Å². The Bertz CT molecular complexity index is 153. The molecule has 2 fully saturated rings. The Morgan fingerprint density at radius 1 is 1.70 bits per heavy atom. The van der Waals surface area contributed by atoms with Gasteiger partial charge in [0.1, 0.15) is 0 Å². The van der Waals surface area contributed by atoms with Gasteiger partial charge in [-0.1, -0.05) is 22.6 Å². The number of hydrogen-bond donors (Lipinski definition) is 0. The molecule has 0 aromatic rings. The second-order valence-electron chi connectivity index (χ2n) is 3.44. The van der Waals surface area contributed by atoms with Gasteiger partial charge in [-0.15, -0.1) is 0 Å². The Kier molecular flexibility index (Phi) is 1.69. The van der Waals surface area contributed by atoms with Crippen molar-refractivity contribution in [2.45, 2.75) is 3.42 Å². The number of halogens is 1. The third kappa shape index (κ3) is 0.987. The maximum absolute atomic E-state index is 5.43. The number of fused-ring (bicyclic) bond motifs is 1. The molecule has 0 aromatic heterocycles. The highest BCUT2D eigenvalue weighted by atomic mass is 127. The predicted octanol–water partition coefficient (Wildman–Crippen LogP) is 0.752. The third-order valence-corrected chi connectivity index (χ3v) is 3.99. The monoisotopic (exact) mass is 253 g/mol. The average Bonchev–Trinajstić information content (AvgIpc) is 2.20. The van der Waals surface area contributed by atoms with Gasteiger partial charge in [-0.05, 0) is 7.05 Å². The number of alkyl halides is 1. The van der Waals surface area contributed by atoms with Crippen molar-refractivity contribution >= 4 is 22.6 Å². The van der Waals surface area contributed by atoms with Gasteiger partial charge >= 0.3 is 0 Å². The minimum atomic E-state index is 0.451. The van der Waals surface area contributed by atoms with E-state index in [2.05, 4.69) is 34.5 Å². The van der Waals surface area contributed by atoms with Crippen LogP contribution >= 0.6 is 22.6 Å². The first-order valence-corrected chi connectivity index (χ1v) is 4.74. The second-order valence-corrected chi connectivity index (χ2v) is 5.59. The maximum Gasteiger partial charge on any atom is 0.0644 e. The molecule has 2 aliphatic heterocycles. The van der Waals surface area contributed by atoms with Gasteiger partial charge in [0.25, 0.3) is 0 Å². The largest absolute Gasteiger partial charge is 0.380 e. The predicted molar refractivity (Wildman–Crippen MR) is 48.6 cm³/mol. The molecule has 0 radical (unpaired) electrons. The van der Waals surface area contributed by atoms with Gasteiger partial charge in [-0.3, -0.25) is 0 Å². The third-order valence-electron chi connectivity index (χ3n) is 2.46. The zero-order chi connectivity index (χ0) is 7.19. The van der Waals surface area contributed by atoms with Gasteiger partial charge in [-0.25, -0.2) is 0 Å². The highest BCUT2D eigenvalue weighted by molar-refractivity contribution is 14.1. The first-order valence-electron chi connectivity index (χ1n) is 3.66.